The van der Waals surface area contributed by atoms with E-state index in [2.05, 4.69) is 0 Å². The van der Waals surface area contributed by atoms with Gasteiger partial charge in [-0.2, -0.15) is 0 Å². The predicted molar refractivity (Wildman–Crippen MR) is 107 cm³/mol. The highest BCUT2D eigenvalue weighted by Crippen LogP contribution is 2.41. The van der Waals surface area contributed by atoms with E-state index in [9.17, 15) is 14.0 Å². The third-order valence-corrected chi connectivity index (χ3v) is 6.20. The Hall–Kier alpha value is -2.37. The number of carbonyl (C=O) groups is 2. The fourth-order valence-corrected chi connectivity index (χ4v) is 4.60. The maximum Gasteiger partial charge on any atom is 0.325 e. The van der Waals surface area contributed by atoms with Crippen molar-refractivity contribution in [2.45, 2.75) is 64.5 Å². The number of benzene rings is 1. The third-order valence-electron chi connectivity index (χ3n) is 6.20. The smallest absolute Gasteiger partial charge is 0.325 e. The Kier molecular flexibility index (Phi) is 6.06. The van der Waals surface area contributed by atoms with Gasteiger partial charge in [-0.15, -0.1) is 0 Å². The Labute approximate surface area is 165 Å². The molecule has 1 aliphatic carbocycles. The van der Waals surface area contributed by atoms with E-state index in [0.717, 1.165) is 47.8 Å². The standard InChI is InChI=1S/C22H29FN2O3/c1-5-20(26)24(3)17-9-6-15(7-10-17)22-14(2)25(13-21(27)28-4)19-11-8-16(23)12-18(19)22/h8,11-12,15,17H,5-7,9-10,13H2,1-4H3. The quantitative estimate of drug-likeness (QED) is 0.723. The van der Waals surface area contributed by atoms with Crippen molar-refractivity contribution < 1.29 is 18.7 Å². The number of fused-ring (bicyclic) bond motifs is 1. The zero-order valence-corrected chi connectivity index (χ0v) is 17.1. The van der Waals surface area contributed by atoms with E-state index in [-0.39, 0.29) is 30.3 Å². The molecule has 5 nitrogen and oxygen atoms in total. The van der Waals surface area contributed by atoms with E-state index in [4.69, 9.17) is 4.74 Å². The number of carbonyl (C=O) groups excluding carboxylic acids is 2. The fraction of sp³-hybridized carbons (Fsp3) is 0.545. The minimum Gasteiger partial charge on any atom is -0.468 e. The molecule has 0 aliphatic heterocycles. The lowest BCUT2D eigenvalue weighted by atomic mass is 9.80. The van der Waals surface area contributed by atoms with Gasteiger partial charge in [0.25, 0.3) is 0 Å². The molecule has 0 saturated heterocycles. The molecule has 0 bridgehead atoms. The Morgan fingerprint density at radius 1 is 1.25 bits per heavy atom. The van der Waals surface area contributed by atoms with Crippen molar-refractivity contribution >= 4 is 22.8 Å². The fourth-order valence-electron chi connectivity index (χ4n) is 4.60. The summed E-state index contributed by atoms with van der Waals surface area (Å²) in [5, 5.41) is 0.878. The number of hydrogen-bond acceptors (Lipinski definition) is 3. The Morgan fingerprint density at radius 3 is 2.54 bits per heavy atom. The molecule has 0 spiro atoms. The van der Waals surface area contributed by atoms with Crippen molar-refractivity contribution in [3.63, 3.8) is 0 Å². The Bertz CT molecular complexity index is 882. The maximum atomic E-state index is 14.0. The average Bonchev–Trinajstić information content (AvgIpc) is 2.97. The zero-order valence-electron chi connectivity index (χ0n) is 17.1. The molecule has 0 radical (unpaired) electrons. The molecule has 1 saturated carbocycles. The molecular formula is C22H29FN2O3. The number of aromatic nitrogens is 1. The van der Waals surface area contributed by atoms with Gasteiger partial charge >= 0.3 is 5.97 Å². The predicted octanol–water partition coefficient (Wildman–Crippen LogP) is 4.16. The first-order valence-corrected chi connectivity index (χ1v) is 9.98. The van der Waals surface area contributed by atoms with Crippen LogP contribution in [0.4, 0.5) is 4.39 Å². The lowest BCUT2D eigenvalue weighted by Crippen LogP contribution is -2.38. The van der Waals surface area contributed by atoms with Crippen LogP contribution in [0.25, 0.3) is 10.9 Å². The first kappa shape index (κ1) is 20.4. The molecule has 1 aromatic carbocycles. The summed E-state index contributed by atoms with van der Waals surface area (Å²) in [4.78, 5) is 25.8. The van der Waals surface area contributed by atoms with Gasteiger partial charge in [-0.3, -0.25) is 9.59 Å². The second-order valence-electron chi connectivity index (χ2n) is 7.69. The third kappa shape index (κ3) is 3.77. The van der Waals surface area contributed by atoms with Gasteiger partial charge in [0.15, 0.2) is 0 Å². The number of hydrogen-bond donors (Lipinski definition) is 0. The van der Waals surface area contributed by atoms with Gasteiger partial charge in [-0.05, 0) is 62.3 Å². The van der Waals surface area contributed by atoms with Crippen LogP contribution in [0.3, 0.4) is 0 Å². The van der Waals surface area contributed by atoms with Gasteiger partial charge in [0.1, 0.15) is 12.4 Å². The van der Waals surface area contributed by atoms with Crippen molar-refractivity contribution in [1.29, 1.82) is 0 Å². The monoisotopic (exact) mass is 388 g/mol. The van der Waals surface area contributed by atoms with E-state index in [0.29, 0.717) is 12.3 Å². The molecule has 1 fully saturated rings. The molecule has 1 aliphatic rings. The van der Waals surface area contributed by atoms with Crippen molar-refractivity contribution in [3.05, 3.63) is 35.3 Å². The molecule has 6 heteroatoms. The topological polar surface area (TPSA) is 51.5 Å². The number of halogens is 1. The van der Waals surface area contributed by atoms with Crippen LogP contribution in [0.15, 0.2) is 18.2 Å². The van der Waals surface area contributed by atoms with Crippen molar-refractivity contribution in [3.8, 4) is 0 Å². The number of methoxy groups -OCH3 is 1. The number of rotatable bonds is 5. The second kappa shape index (κ2) is 8.33. The van der Waals surface area contributed by atoms with Crippen molar-refractivity contribution in [2.24, 2.45) is 0 Å². The van der Waals surface area contributed by atoms with Crippen LogP contribution in [-0.2, 0) is 20.9 Å². The summed E-state index contributed by atoms with van der Waals surface area (Å²) in [6, 6.07) is 5.01. The van der Waals surface area contributed by atoms with Gasteiger partial charge in [-0.1, -0.05) is 6.92 Å². The van der Waals surface area contributed by atoms with E-state index in [1.165, 1.54) is 13.2 Å². The van der Waals surface area contributed by atoms with Crippen LogP contribution in [0.2, 0.25) is 0 Å². The molecule has 1 heterocycles. The van der Waals surface area contributed by atoms with Gasteiger partial charge in [-0.25, -0.2) is 4.39 Å². The van der Waals surface area contributed by atoms with E-state index in [1.807, 2.05) is 30.4 Å². The molecule has 152 valence electrons. The highest BCUT2D eigenvalue weighted by molar-refractivity contribution is 5.87. The van der Waals surface area contributed by atoms with E-state index < -0.39 is 0 Å². The Morgan fingerprint density at radius 2 is 1.93 bits per heavy atom. The van der Waals surface area contributed by atoms with Gasteiger partial charge in [0.05, 0.1) is 7.11 Å². The average molecular weight is 388 g/mol. The van der Waals surface area contributed by atoms with Crippen LogP contribution in [0, 0.1) is 12.7 Å². The minimum absolute atomic E-state index is 0.119. The van der Waals surface area contributed by atoms with E-state index >= 15 is 0 Å². The van der Waals surface area contributed by atoms with Crippen LogP contribution >= 0.6 is 0 Å². The summed E-state index contributed by atoms with van der Waals surface area (Å²) in [7, 11) is 3.26. The maximum absolute atomic E-state index is 14.0. The number of esters is 1. The highest BCUT2D eigenvalue weighted by Gasteiger charge is 2.30. The summed E-state index contributed by atoms with van der Waals surface area (Å²) < 4.78 is 20.8. The number of nitrogens with zero attached hydrogens (tertiary/aromatic N) is 2. The molecule has 1 amide bonds. The molecule has 0 N–H and O–H groups in total. The minimum atomic E-state index is -0.320. The zero-order chi connectivity index (χ0) is 20.4. The molecular weight excluding hydrogens is 359 g/mol. The van der Waals surface area contributed by atoms with Crippen LogP contribution in [0.1, 0.15) is 56.2 Å². The summed E-state index contributed by atoms with van der Waals surface area (Å²) in [5.74, 6) is -0.119. The van der Waals surface area contributed by atoms with Gasteiger partial charge in [0, 0.05) is 36.1 Å². The number of amides is 1. The van der Waals surface area contributed by atoms with Crippen LogP contribution in [-0.4, -0.2) is 41.5 Å². The highest BCUT2D eigenvalue weighted by atomic mass is 19.1. The van der Waals surface area contributed by atoms with Crippen LogP contribution < -0.4 is 0 Å². The summed E-state index contributed by atoms with van der Waals surface area (Å²) in [5.41, 5.74) is 2.98. The second-order valence-corrected chi connectivity index (χ2v) is 7.69. The van der Waals surface area contributed by atoms with Crippen molar-refractivity contribution in [2.75, 3.05) is 14.2 Å². The van der Waals surface area contributed by atoms with Crippen molar-refractivity contribution in [1.82, 2.24) is 9.47 Å². The summed E-state index contributed by atoms with van der Waals surface area (Å²) in [6.07, 6.45) is 4.29. The largest absolute Gasteiger partial charge is 0.468 e. The molecule has 0 atom stereocenters. The van der Waals surface area contributed by atoms with Gasteiger partial charge < -0.3 is 14.2 Å². The molecule has 1 aromatic heterocycles. The summed E-state index contributed by atoms with van der Waals surface area (Å²) in [6.45, 7) is 4.00. The first-order valence-electron chi connectivity index (χ1n) is 9.98. The lowest BCUT2D eigenvalue weighted by molar-refractivity contribution is -0.141. The lowest BCUT2D eigenvalue weighted by Gasteiger charge is -2.35. The molecule has 0 unspecified atom stereocenters. The SMILES string of the molecule is CCC(=O)N(C)C1CCC(c2c(C)n(CC(=O)OC)c3ccc(F)cc23)CC1. The number of ether oxygens (including phenoxy) is 1. The summed E-state index contributed by atoms with van der Waals surface area (Å²) >= 11 is 0. The van der Waals surface area contributed by atoms with Crippen LogP contribution in [0.5, 0.6) is 0 Å². The first-order chi connectivity index (χ1) is 13.4. The molecule has 28 heavy (non-hydrogen) atoms. The molecule has 2 aromatic rings. The normalized spacial score (nSPS) is 19.6. The Balaban J connectivity index is 1.91. The molecule has 3 rings (SSSR count). The van der Waals surface area contributed by atoms with E-state index in [1.54, 1.807) is 12.1 Å². The van der Waals surface area contributed by atoms with Gasteiger partial charge in [0.2, 0.25) is 5.91 Å².